The van der Waals surface area contributed by atoms with Gasteiger partial charge in [-0.3, -0.25) is 4.79 Å². The van der Waals surface area contributed by atoms with Crippen LogP contribution in [0.1, 0.15) is 46.5 Å². The summed E-state index contributed by atoms with van der Waals surface area (Å²) in [6, 6.07) is 0.680. The molecule has 1 N–H and O–H groups in total. The highest BCUT2D eigenvalue weighted by molar-refractivity contribution is 5.70. The fraction of sp³-hybridized carbons (Fsp3) is 0.929. The van der Waals surface area contributed by atoms with E-state index < -0.39 is 5.97 Å². The molecule has 0 amide bonds. The van der Waals surface area contributed by atoms with E-state index in [1.807, 2.05) is 0 Å². The van der Waals surface area contributed by atoms with Gasteiger partial charge in [0.15, 0.2) is 0 Å². The first kappa shape index (κ1) is 12.9. The molecule has 0 radical (unpaired) electrons. The summed E-state index contributed by atoms with van der Waals surface area (Å²) in [4.78, 5) is 13.5. The zero-order chi connectivity index (χ0) is 12.6. The largest absolute Gasteiger partial charge is 0.481 e. The zero-order valence-corrected chi connectivity index (χ0v) is 11.3. The van der Waals surface area contributed by atoms with Crippen LogP contribution in [-0.4, -0.2) is 35.1 Å². The molecule has 1 saturated heterocycles. The predicted octanol–water partition coefficient (Wildman–Crippen LogP) is 2.61. The molecule has 2 unspecified atom stereocenters. The lowest BCUT2D eigenvalue weighted by atomic mass is 9.90. The van der Waals surface area contributed by atoms with Gasteiger partial charge in [-0.1, -0.05) is 20.8 Å². The van der Waals surface area contributed by atoms with Gasteiger partial charge >= 0.3 is 5.97 Å². The molecule has 98 valence electrons. The first-order valence-corrected chi connectivity index (χ1v) is 6.86. The lowest BCUT2D eigenvalue weighted by Crippen LogP contribution is -2.44. The number of carbonyl (C=O) groups is 1. The second-order valence-corrected chi connectivity index (χ2v) is 6.77. The summed E-state index contributed by atoms with van der Waals surface area (Å²) in [7, 11) is 0. The average Bonchev–Trinajstić information content (AvgIpc) is 2.52. The van der Waals surface area contributed by atoms with Gasteiger partial charge < -0.3 is 10.0 Å². The van der Waals surface area contributed by atoms with Crippen LogP contribution in [0.2, 0.25) is 0 Å². The van der Waals surface area contributed by atoms with Crippen molar-refractivity contribution in [3.63, 3.8) is 0 Å². The van der Waals surface area contributed by atoms with Crippen LogP contribution in [-0.2, 0) is 4.79 Å². The zero-order valence-electron chi connectivity index (χ0n) is 11.3. The van der Waals surface area contributed by atoms with Crippen molar-refractivity contribution in [1.82, 2.24) is 4.90 Å². The number of carboxylic acid groups (broad SMARTS) is 1. The number of likely N-dealkylation sites (tertiary alicyclic amines) is 1. The topological polar surface area (TPSA) is 40.5 Å². The Balaban J connectivity index is 1.91. The van der Waals surface area contributed by atoms with Crippen molar-refractivity contribution in [2.45, 2.75) is 52.5 Å². The van der Waals surface area contributed by atoms with Crippen LogP contribution in [0.4, 0.5) is 0 Å². The Kier molecular flexibility index (Phi) is 3.48. The van der Waals surface area contributed by atoms with Crippen LogP contribution in [0.3, 0.4) is 0 Å². The Bertz CT molecular complexity index is 293. The van der Waals surface area contributed by atoms with Crippen molar-refractivity contribution >= 4 is 5.97 Å². The van der Waals surface area contributed by atoms with Crippen LogP contribution >= 0.6 is 0 Å². The van der Waals surface area contributed by atoms with E-state index in [9.17, 15) is 4.79 Å². The molecule has 1 saturated carbocycles. The third kappa shape index (κ3) is 2.82. The average molecular weight is 239 g/mol. The Labute approximate surface area is 104 Å². The van der Waals surface area contributed by atoms with Crippen molar-refractivity contribution in [3.8, 4) is 0 Å². The number of nitrogens with zero attached hydrogens (tertiary/aromatic N) is 1. The number of rotatable bonds is 2. The van der Waals surface area contributed by atoms with E-state index in [1.165, 1.54) is 12.8 Å². The summed E-state index contributed by atoms with van der Waals surface area (Å²) in [6.45, 7) is 9.01. The maximum atomic E-state index is 10.9. The summed E-state index contributed by atoms with van der Waals surface area (Å²) in [5.74, 6) is 0.0480. The van der Waals surface area contributed by atoms with E-state index in [-0.39, 0.29) is 5.92 Å². The highest BCUT2D eigenvalue weighted by atomic mass is 16.4. The molecule has 0 bridgehead atoms. The highest BCUT2D eigenvalue weighted by Crippen LogP contribution is 2.43. The van der Waals surface area contributed by atoms with E-state index in [4.69, 9.17) is 5.11 Å². The minimum atomic E-state index is -0.607. The van der Waals surface area contributed by atoms with Gasteiger partial charge in [0.2, 0.25) is 0 Å². The monoisotopic (exact) mass is 239 g/mol. The second-order valence-electron chi connectivity index (χ2n) is 6.77. The standard InChI is InChI=1S/C14H25NO2/c1-10-8-14(2,3)9-12(10)15-6-4-11(5-7-15)13(16)17/h10-12H,4-9H2,1-3H3,(H,16,17). The van der Waals surface area contributed by atoms with Crippen molar-refractivity contribution in [3.05, 3.63) is 0 Å². The smallest absolute Gasteiger partial charge is 0.306 e. The molecule has 1 aliphatic carbocycles. The number of aliphatic carboxylic acids is 1. The van der Waals surface area contributed by atoms with Crippen molar-refractivity contribution in [2.24, 2.45) is 17.3 Å². The molecule has 3 nitrogen and oxygen atoms in total. The van der Waals surface area contributed by atoms with Gasteiger partial charge in [-0.15, -0.1) is 0 Å². The molecule has 17 heavy (non-hydrogen) atoms. The van der Waals surface area contributed by atoms with Gasteiger partial charge in [0, 0.05) is 6.04 Å². The maximum absolute atomic E-state index is 10.9. The molecule has 2 fully saturated rings. The minimum Gasteiger partial charge on any atom is -0.481 e. The second kappa shape index (κ2) is 4.60. The van der Waals surface area contributed by atoms with Gasteiger partial charge in [0.25, 0.3) is 0 Å². The molecule has 0 aromatic carbocycles. The fourth-order valence-corrected chi connectivity index (χ4v) is 3.83. The first-order chi connectivity index (χ1) is 7.89. The van der Waals surface area contributed by atoms with Gasteiger partial charge in [0.1, 0.15) is 0 Å². The summed E-state index contributed by atoms with van der Waals surface area (Å²) >= 11 is 0. The molecule has 1 heterocycles. The molecule has 0 aromatic rings. The molecule has 2 rings (SSSR count). The number of hydrogen-bond donors (Lipinski definition) is 1. The molecular weight excluding hydrogens is 214 g/mol. The SMILES string of the molecule is CC1CC(C)(C)CC1N1CCC(C(=O)O)CC1. The van der Waals surface area contributed by atoms with Gasteiger partial charge in [-0.2, -0.15) is 0 Å². The predicted molar refractivity (Wildman–Crippen MR) is 67.9 cm³/mol. The van der Waals surface area contributed by atoms with Crippen molar-refractivity contribution in [2.75, 3.05) is 13.1 Å². The normalized spacial score (nSPS) is 35.0. The van der Waals surface area contributed by atoms with Gasteiger partial charge in [-0.05, 0) is 50.1 Å². The van der Waals surface area contributed by atoms with Crippen LogP contribution in [0.25, 0.3) is 0 Å². The third-order valence-electron chi connectivity index (χ3n) is 4.64. The third-order valence-corrected chi connectivity index (χ3v) is 4.64. The Morgan fingerprint density at radius 3 is 2.24 bits per heavy atom. The molecule has 3 heteroatoms. The number of hydrogen-bond acceptors (Lipinski definition) is 2. The molecule has 2 atom stereocenters. The van der Waals surface area contributed by atoms with Gasteiger partial charge in [0.05, 0.1) is 5.92 Å². The van der Waals surface area contributed by atoms with Crippen LogP contribution in [0.5, 0.6) is 0 Å². The highest BCUT2D eigenvalue weighted by Gasteiger charge is 2.40. The molecule has 0 spiro atoms. The minimum absolute atomic E-state index is 0.101. The number of carboxylic acids is 1. The van der Waals surface area contributed by atoms with E-state index in [1.54, 1.807) is 0 Å². The summed E-state index contributed by atoms with van der Waals surface area (Å²) < 4.78 is 0. The molecule has 1 aliphatic heterocycles. The fourth-order valence-electron chi connectivity index (χ4n) is 3.83. The summed E-state index contributed by atoms with van der Waals surface area (Å²) in [5, 5.41) is 9.01. The lowest BCUT2D eigenvalue weighted by Gasteiger charge is -2.37. The quantitative estimate of drug-likeness (QED) is 0.805. The van der Waals surface area contributed by atoms with E-state index in [0.717, 1.165) is 31.8 Å². The first-order valence-electron chi connectivity index (χ1n) is 6.86. The summed E-state index contributed by atoms with van der Waals surface area (Å²) in [6.07, 6.45) is 4.24. The van der Waals surface area contributed by atoms with Gasteiger partial charge in [-0.25, -0.2) is 0 Å². The Hall–Kier alpha value is -0.570. The molecular formula is C14H25NO2. The summed E-state index contributed by atoms with van der Waals surface area (Å²) in [5.41, 5.74) is 0.466. The number of piperidine rings is 1. The van der Waals surface area contributed by atoms with Crippen LogP contribution in [0.15, 0.2) is 0 Å². The Morgan fingerprint density at radius 1 is 1.24 bits per heavy atom. The van der Waals surface area contributed by atoms with Crippen molar-refractivity contribution < 1.29 is 9.90 Å². The van der Waals surface area contributed by atoms with E-state index >= 15 is 0 Å². The maximum Gasteiger partial charge on any atom is 0.306 e. The van der Waals surface area contributed by atoms with Crippen LogP contribution in [0, 0.1) is 17.3 Å². The Morgan fingerprint density at radius 2 is 1.82 bits per heavy atom. The van der Waals surface area contributed by atoms with E-state index in [0.29, 0.717) is 11.5 Å². The lowest BCUT2D eigenvalue weighted by molar-refractivity contribution is -0.143. The van der Waals surface area contributed by atoms with E-state index in [2.05, 4.69) is 25.7 Å². The van der Waals surface area contributed by atoms with Crippen molar-refractivity contribution in [1.29, 1.82) is 0 Å². The molecule has 2 aliphatic rings. The molecule has 0 aromatic heterocycles. The van der Waals surface area contributed by atoms with Crippen LogP contribution < -0.4 is 0 Å².